The van der Waals surface area contributed by atoms with E-state index < -0.39 is 0 Å². The van der Waals surface area contributed by atoms with Crippen molar-refractivity contribution in [1.29, 1.82) is 0 Å². The highest BCUT2D eigenvalue weighted by Crippen LogP contribution is 2.33. The van der Waals surface area contributed by atoms with Crippen LogP contribution in [0.15, 0.2) is 203 Å². The van der Waals surface area contributed by atoms with E-state index >= 15 is 0 Å². The summed E-state index contributed by atoms with van der Waals surface area (Å²) in [7, 11) is 3.26. The van der Waals surface area contributed by atoms with Gasteiger partial charge in [-0.15, -0.1) is 20.4 Å². The van der Waals surface area contributed by atoms with Crippen LogP contribution in [0.5, 0.6) is 11.5 Å². The third kappa shape index (κ3) is 8.56. The predicted molar refractivity (Wildman–Crippen MR) is 266 cm³/mol. The van der Waals surface area contributed by atoms with Crippen molar-refractivity contribution in [1.82, 2.24) is 29.9 Å². The Morgan fingerprint density at radius 3 is 1.28 bits per heavy atom. The lowest BCUT2D eigenvalue weighted by Crippen LogP contribution is -1.93. The lowest BCUT2D eigenvalue weighted by Gasteiger charge is -2.08. The van der Waals surface area contributed by atoms with Gasteiger partial charge in [-0.05, 0) is 132 Å². The number of nitrogens with one attached hydrogen (secondary N) is 1. The second-order valence-corrected chi connectivity index (χ2v) is 16.2. The van der Waals surface area contributed by atoms with Gasteiger partial charge in [-0.25, -0.2) is 0 Å². The minimum atomic E-state index is 0.463. The second-order valence-electron chi connectivity index (χ2n) is 14.9. The van der Waals surface area contributed by atoms with Crippen LogP contribution in [-0.4, -0.2) is 44.2 Å². The molecule has 0 bridgehead atoms. The zero-order chi connectivity index (χ0) is 44.1. The van der Waals surface area contributed by atoms with Crippen molar-refractivity contribution in [3.63, 3.8) is 0 Å². The smallest absolute Gasteiger partial charge is 0.248 e. The number of aromatic amines is 1. The molecule has 4 heterocycles. The SMILES string of the molecule is COc1cccc(-c2nnc(-c3ccc(-n4c5ccccc5c5ccccc54)cc3)o2)c1.COc1cccc(-c2nnc(-c3ccc(I)cc3)o2)c1.c1ccc2c(c1)[nH]c1ccccc12. The number of benzene rings is 8. The number of halogens is 1. The van der Waals surface area contributed by atoms with Crippen molar-refractivity contribution in [3.05, 3.63) is 198 Å². The van der Waals surface area contributed by atoms with Crippen LogP contribution in [0.1, 0.15) is 0 Å². The van der Waals surface area contributed by atoms with Gasteiger partial charge in [0.05, 0.1) is 25.3 Å². The van der Waals surface area contributed by atoms with E-state index in [1.165, 1.54) is 47.2 Å². The van der Waals surface area contributed by atoms with E-state index in [4.69, 9.17) is 18.3 Å². The maximum absolute atomic E-state index is 5.94. The van der Waals surface area contributed by atoms with Crippen LogP contribution >= 0.6 is 22.6 Å². The number of hydrogen-bond donors (Lipinski definition) is 1. The fourth-order valence-corrected chi connectivity index (χ4v) is 8.13. The Bertz CT molecular complexity index is 3450. The van der Waals surface area contributed by atoms with Gasteiger partial charge in [0.15, 0.2) is 0 Å². The molecule has 0 radical (unpaired) electrons. The molecule has 0 amide bonds. The quantitative estimate of drug-likeness (QED) is 0.157. The molecule has 0 saturated heterocycles. The number of nitrogens with zero attached hydrogens (tertiary/aromatic N) is 5. The molecule has 316 valence electrons. The van der Waals surface area contributed by atoms with E-state index in [-0.39, 0.29) is 0 Å². The molecule has 4 aromatic heterocycles. The Hall–Kier alpha value is -8.03. The van der Waals surface area contributed by atoms with E-state index in [1.807, 2.05) is 84.9 Å². The lowest BCUT2D eigenvalue weighted by atomic mass is 10.2. The maximum Gasteiger partial charge on any atom is 0.248 e. The summed E-state index contributed by atoms with van der Waals surface area (Å²) < 4.78 is 25.6. The maximum atomic E-state index is 5.94. The fourth-order valence-electron chi connectivity index (χ4n) is 7.77. The molecule has 12 aromatic rings. The average molecular weight is 963 g/mol. The molecular formula is C54H39IN6O4. The van der Waals surface area contributed by atoms with Crippen molar-refractivity contribution in [2.24, 2.45) is 0 Å². The number of methoxy groups -OCH3 is 2. The fraction of sp³-hybridized carbons (Fsp3) is 0.0370. The predicted octanol–water partition coefficient (Wildman–Crippen LogP) is 13.8. The van der Waals surface area contributed by atoms with Crippen LogP contribution < -0.4 is 9.47 Å². The second kappa shape index (κ2) is 18.4. The van der Waals surface area contributed by atoms with Gasteiger partial charge in [-0.3, -0.25) is 0 Å². The van der Waals surface area contributed by atoms with E-state index in [0.29, 0.717) is 23.6 Å². The number of para-hydroxylation sites is 4. The Labute approximate surface area is 387 Å². The third-order valence-corrected chi connectivity index (χ3v) is 11.7. The van der Waals surface area contributed by atoms with Crippen molar-refractivity contribution >= 4 is 66.2 Å². The first-order chi connectivity index (χ1) is 32.0. The summed E-state index contributed by atoms with van der Waals surface area (Å²) in [6.07, 6.45) is 0. The van der Waals surface area contributed by atoms with Gasteiger partial charge in [0.2, 0.25) is 23.6 Å². The summed E-state index contributed by atoms with van der Waals surface area (Å²) in [6, 6.07) is 65.0. The molecule has 0 unspecified atom stereocenters. The molecule has 0 fully saturated rings. The van der Waals surface area contributed by atoms with Crippen LogP contribution in [-0.2, 0) is 0 Å². The van der Waals surface area contributed by atoms with Crippen LogP contribution in [0.25, 0.3) is 95.1 Å². The number of fused-ring (bicyclic) bond motifs is 6. The number of rotatable bonds is 7. The highest BCUT2D eigenvalue weighted by molar-refractivity contribution is 14.1. The molecule has 1 N–H and O–H groups in total. The van der Waals surface area contributed by atoms with E-state index in [2.05, 4.69) is 162 Å². The Balaban J connectivity index is 0.000000128. The van der Waals surface area contributed by atoms with Gasteiger partial charge in [-0.2, -0.15) is 0 Å². The monoisotopic (exact) mass is 962 g/mol. The van der Waals surface area contributed by atoms with Gasteiger partial charge in [0, 0.05) is 64.1 Å². The van der Waals surface area contributed by atoms with E-state index in [9.17, 15) is 0 Å². The molecular weight excluding hydrogens is 924 g/mol. The summed E-state index contributed by atoms with van der Waals surface area (Å²) in [5.41, 5.74) is 9.31. The largest absolute Gasteiger partial charge is 0.497 e. The molecule has 0 spiro atoms. The Morgan fingerprint density at radius 1 is 0.415 bits per heavy atom. The minimum Gasteiger partial charge on any atom is -0.497 e. The van der Waals surface area contributed by atoms with Crippen molar-refractivity contribution in [2.75, 3.05) is 14.2 Å². The zero-order valence-corrected chi connectivity index (χ0v) is 37.4. The van der Waals surface area contributed by atoms with Gasteiger partial charge in [0.1, 0.15) is 11.5 Å². The first kappa shape index (κ1) is 41.0. The zero-order valence-electron chi connectivity index (χ0n) is 35.2. The molecule has 65 heavy (non-hydrogen) atoms. The summed E-state index contributed by atoms with van der Waals surface area (Å²) in [6.45, 7) is 0. The molecule has 0 saturated carbocycles. The summed E-state index contributed by atoms with van der Waals surface area (Å²) in [5, 5.41) is 21.7. The molecule has 8 aromatic carbocycles. The molecule has 0 aliphatic carbocycles. The summed E-state index contributed by atoms with van der Waals surface area (Å²) in [4.78, 5) is 3.38. The summed E-state index contributed by atoms with van der Waals surface area (Å²) >= 11 is 2.26. The van der Waals surface area contributed by atoms with Gasteiger partial charge >= 0.3 is 0 Å². The van der Waals surface area contributed by atoms with Crippen LogP contribution in [0.3, 0.4) is 0 Å². The third-order valence-electron chi connectivity index (χ3n) is 10.9. The number of H-pyrrole nitrogens is 1. The first-order valence-corrected chi connectivity index (χ1v) is 21.9. The highest BCUT2D eigenvalue weighted by Gasteiger charge is 2.15. The number of aromatic nitrogens is 6. The standard InChI is InChI=1S/C27H19N3O2.C15H11IN2O2.C12H9N/c1-31-21-8-6-7-19(17-21)27-29-28-26(32-27)18-13-15-20(16-14-18)30-24-11-4-2-9-22(24)23-10-3-5-12-25(23)30;1-19-13-4-2-3-11(9-13)15-18-17-14(20-15)10-5-7-12(16)8-6-10;1-3-7-11-9(5-1)10-6-2-4-8-12(10)13-11/h2-17H,1H3;2-9H,1H3;1-8,13H. The minimum absolute atomic E-state index is 0.463. The summed E-state index contributed by atoms with van der Waals surface area (Å²) in [5.74, 6) is 3.45. The Kier molecular flexibility index (Phi) is 11.6. The van der Waals surface area contributed by atoms with Crippen LogP contribution in [0.2, 0.25) is 0 Å². The van der Waals surface area contributed by atoms with Crippen molar-refractivity contribution in [2.45, 2.75) is 0 Å². The van der Waals surface area contributed by atoms with E-state index in [1.54, 1.807) is 14.2 Å². The van der Waals surface area contributed by atoms with Crippen LogP contribution in [0.4, 0.5) is 0 Å². The molecule has 0 atom stereocenters. The topological polar surface area (TPSA) is 117 Å². The number of ether oxygens (including phenoxy) is 2. The first-order valence-electron chi connectivity index (χ1n) is 20.8. The van der Waals surface area contributed by atoms with Gasteiger partial charge in [-0.1, -0.05) is 84.9 Å². The van der Waals surface area contributed by atoms with Crippen LogP contribution in [0, 0.1) is 3.57 Å². The normalized spacial score (nSPS) is 11.0. The van der Waals surface area contributed by atoms with Gasteiger partial charge < -0.3 is 27.9 Å². The molecule has 0 aliphatic rings. The molecule has 11 heteroatoms. The molecule has 0 aliphatic heterocycles. The Morgan fingerprint density at radius 2 is 0.815 bits per heavy atom. The highest BCUT2D eigenvalue weighted by atomic mass is 127. The van der Waals surface area contributed by atoms with Crippen molar-refractivity contribution in [3.8, 4) is 63.0 Å². The molecule has 12 rings (SSSR count). The van der Waals surface area contributed by atoms with E-state index in [0.717, 1.165) is 39.4 Å². The molecule has 10 nitrogen and oxygen atoms in total. The van der Waals surface area contributed by atoms with Crippen molar-refractivity contribution < 1.29 is 18.3 Å². The lowest BCUT2D eigenvalue weighted by molar-refractivity contribution is 0.414. The van der Waals surface area contributed by atoms with Gasteiger partial charge in [0.25, 0.3) is 0 Å². The number of hydrogen-bond acceptors (Lipinski definition) is 8. The average Bonchev–Trinajstić information content (AvgIpc) is 4.20.